The summed E-state index contributed by atoms with van der Waals surface area (Å²) < 4.78 is 26.1. The van der Waals surface area contributed by atoms with Crippen LogP contribution in [0.1, 0.15) is 6.92 Å². The Hall–Kier alpha value is -2.30. The Bertz CT molecular complexity index is 777. The highest BCUT2D eigenvalue weighted by Crippen LogP contribution is 2.19. The van der Waals surface area contributed by atoms with Gasteiger partial charge in [0.05, 0.1) is 17.8 Å². The molecular weight excluding hydrogens is 346 g/mol. The third-order valence-electron chi connectivity index (χ3n) is 2.59. The molecule has 0 saturated carbocycles. The molecule has 11 heteroatoms. The standard InChI is InChI=1S/C12H14ClN5O4S/c1-8-7-11(16-18(15-8)22-2)14-12(19)17-23(20,21)10-6-4-3-5-9(10)13/h3-7,16H,1-2H3,(H2,14,17,19). The molecule has 124 valence electrons. The van der Waals surface area contributed by atoms with Crippen molar-refractivity contribution in [3.63, 3.8) is 0 Å². The molecule has 9 nitrogen and oxygen atoms in total. The van der Waals surface area contributed by atoms with E-state index >= 15 is 0 Å². The van der Waals surface area contributed by atoms with Crippen LogP contribution in [0, 0.1) is 0 Å². The number of hydrogen-bond acceptors (Lipinski definition) is 7. The lowest BCUT2D eigenvalue weighted by Crippen LogP contribution is -2.46. The van der Waals surface area contributed by atoms with Crippen molar-refractivity contribution in [2.75, 3.05) is 7.11 Å². The number of amides is 2. The Morgan fingerprint density at radius 3 is 2.74 bits per heavy atom. The summed E-state index contributed by atoms with van der Waals surface area (Å²) in [6.07, 6.45) is 1.50. The highest BCUT2D eigenvalue weighted by Gasteiger charge is 2.21. The van der Waals surface area contributed by atoms with Crippen LogP contribution in [0.4, 0.5) is 4.79 Å². The zero-order valence-corrected chi connectivity index (χ0v) is 13.8. The second-order valence-corrected chi connectivity index (χ2v) is 6.41. The number of carbonyl (C=O) groups is 1. The summed E-state index contributed by atoms with van der Waals surface area (Å²) in [6.45, 7) is 1.67. The van der Waals surface area contributed by atoms with Crippen molar-refractivity contribution in [1.29, 1.82) is 0 Å². The van der Waals surface area contributed by atoms with Crippen molar-refractivity contribution in [3.8, 4) is 0 Å². The number of benzene rings is 1. The summed E-state index contributed by atoms with van der Waals surface area (Å²) in [6, 6.07) is 4.82. The Morgan fingerprint density at radius 2 is 2.09 bits per heavy atom. The predicted octanol–water partition coefficient (Wildman–Crippen LogP) is 0.927. The van der Waals surface area contributed by atoms with Crippen LogP contribution in [-0.4, -0.2) is 32.6 Å². The maximum absolute atomic E-state index is 12.1. The van der Waals surface area contributed by atoms with Crippen LogP contribution >= 0.6 is 11.6 Å². The van der Waals surface area contributed by atoms with Crippen LogP contribution in [0.15, 0.2) is 46.2 Å². The van der Waals surface area contributed by atoms with Gasteiger partial charge in [-0.1, -0.05) is 29.0 Å². The van der Waals surface area contributed by atoms with Crippen molar-refractivity contribution in [2.24, 2.45) is 5.10 Å². The van der Waals surface area contributed by atoms with E-state index in [2.05, 4.69) is 15.8 Å². The van der Waals surface area contributed by atoms with Gasteiger partial charge in [0.2, 0.25) is 0 Å². The minimum atomic E-state index is -4.10. The van der Waals surface area contributed by atoms with E-state index in [1.807, 2.05) is 4.72 Å². The van der Waals surface area contributed by atoms with Crippen LogP contribution in [0.2, 0.25) is 5.02 Å². The van der Waals surface area contributed by atoms with Crippen LogP contribution < -0.4 is 15.5 Å². The van der Waals surface area contributed by atoms with E-state index in [1.165, 1.54) is 31.4 Å². The molecule has 0 bridgehead atoms. The fourth-order valence-electron chi connectivity index (χ4n) is 1.68. The molecule has 1 aromatic rings. The highest BCUT2D eigenvalue weighted by molar-refractivity contribution is 7.90. The number of hydrogen-bond donors (Lipinski definition) is 3. The zero-order chi connectivity index (χ0) is 17.0. The van der Waals surface area contributed by atoms with Gasteiger partial charge in [0.25, 0.3) is 10.0 Å². The number of allylic oxidation sites excluding steroid dienone is 1. The lowest BCUT2D eigenvalue weighted by molar-refractivity contribution is -0.165. The normalized spacial score (nSPS) is 14.5. The molecule has 0 unspecified atom stereocenters. The summed E-state index contributed by atoms with van der Waals surface area (Å²) in [7, 11) is -2.73. The van der Waals surface area contributed by atoms with E-state index in [9.17, 15) is 13.2 Å². The van der Waals surface area contributed by atoms with Gasteiger partial charge >= 0.3 is 6.03 Å². The van der Waals surface area contributed by atoms with Crippen molar-refractivity contribution in [3.05, 3.63) is 41.2 Å². The predicted molar refractivity (Wildman–Crippen MR) is 83.5 cm³/mol. The first-order valence-electron chi connectivity index (χ1n) is 6.28. The van der Waals surface area contributed by atoms with Crippen LogP contribution in [0.25, 0.3) is 0 Å². The van der Waals surface area contributed by atoms with Gasteiger partial charge in [0.15, 0.2) is 0 Å². The summed E-state index contributed by atoms with van der Waals surface area (Å²) >= 11 is 5.83. The molecule has 0 saturated heterocycles. The fourth-order valence-corrected chi connectivity index (χ4v) is 3.11. The lowest BCUT2D eigenvalue weighted by Gasteiger charge is -2.23. The molecule has 0 radical (unpaired) electrons. The monoisotopic (exact) mass is 359 g/mol. The van der Waals surface area contributed by atoms with Gasteiger partial charge in [-0.25, -0.2) is 28.2 Å². The molecule has 1 aliphatic heterocycles. The van der Waals surface area contributed by atoms with E-state index in [0.717, 1.165) is 5.28 Å². The minimum absolute atomic E-state index is 0.0105. The molecule has 3 N–H and O–H groups in total. The van der Waals surface area contributed by atoms with Crippen molar-refractivity contribution < 1.29 is 18.0 Å². The average Bonchev–Trinajstić information content (AvgIpc) is 2.46. The molecule has 0 fully saturated rings. The Labute approximate surface area is 137 Å². The van der Waals surface area contributed by atoms with Gasteiger partial charge in [-0.3, -0.25) is 5.32 Å². The number of nitrogens with one attached hydrogen (secondary N) is 3. The summed E-state index contributed by atoms with van der Waals surface area (Å²) in [5, 5.41) is 7.28. The Morgan fingerprint density at radius 1 is 1.39 bits per heavy atom. The first-order chi connectivity index (χ1) is 10.8. The molecule has 23 heavy (non-hydrogen) atoms. The summed E-state index contributed by atoms with van der Waals surface area (Å²) in [5.74, 6) is 0.186. The number of halogens is 1. The number of carbonyl (C=O) groups excluding carboxylic acids is 1. The fraction of sp³-hybridized carbons (Fsp3) is 0.167. The zero-order valence-electron chi connectivity index (χ0n) is 12.2. The van der Waals surface area contributed by atoms with Crippen LogP contribution in [0.5, 0.6) is 0 Å². The van der Waals surface area contributed by atoms with E-state index in [4.69, 9.17) is 16.4 Å². The molecule has 1 heterocycles. The highest BCUT2D eigenvalue weighted by atomic mass is 35.5. The van der Waals surface area contributed by atoms with Gasteiger partial charge < -0.3 is 0 Å². The van der Waals surface area contributed by atoms with Crippen molar-refractivity contribution >= 4 is 33.4 Å². The minimum Gasteiger partial charge on any atom is -0.292 e. The number of hydrazine groups is 1. The van der Waals surface area contributed by atoms with Crippen molar-refractivity contribution in [1.82, 2.24) is 20.7 Å². The van der Waals surface area contributed by atoms with Crippen molar-refractivity contribution in [2.45, 2.75) is 11.8 Å². The van der Waals surface area contributed by atoms with E-state index in [0.29, 0.717) is 5.71 Å². The molecule has 2 rings (SSSR count). The molecule has 0 aromatic heterocycles. The SMILES string of the molecule is CON1N=C(C)C=C(NC(=O)NS(=O)(=O)c2ccccc2Cl)N1. The van der Waals surface area contributed by atoms with E-state index in [-0.39, 0.29) is 15.7 Å². The third-order valence-corrected chi connectivity index (χ3v) is 4.42. The smallest absolute Gasteiger partial charge is 0.292 e. The van der Waals surface area contributed by atoms with Crippen LogP contribution in [-0.2, 0) is 14.9 Å². The molecule has 1 aliphatic rings. The molecule has 0 spiro atoms. The second-order valence-electron chi connectivity index (χ2n) is 4.36. The van der Waals surface area contributed by atoms with Gasteiger partial charge in [-0.2, -0.15) is 0 Å². The third kappa shape index (κ3) is 4.34. The van der Waals surface area contributed by atoms with E-state index in [1.54, 1.807) is 13.0 Å². The van der Waals surface area contributed by atoms with Crippen LogP contribution in [0.3, 0.4) is 0 Å². The number of urea groups is 1. The van der Waals surface area contributed by atoms with Gasteiger partial charge in [0, 0.05) is 6.08 Å². The summed E-state index contributed by atoms with van der Waals surface area (Å²) in [5.41, 5.74) is 3.13. The second kappa shape index (κ2) is 6.86. The largest absolute Gasteiger partial charge is 0.334 e. The quantitative estimate of drug-likeness (QED) is 0.737. The van der Waals surface area contributed by atoms with E-state index < -0.39 is 16.1 Å². The molecule has 0 aliphatic carbocycles. The number of sulfonamides is 1. The topological polar surface area (TPSA) is 112 Å². The Balaban J connectivity index is 2.08. The molecule has 0 atom stereocenters. The number of rotatable bonds is 4. The Kier molecular flexibility index (Phi) is 5.08. The molecule has 1 aromatic carbocycles. The maximum Gasteiger partial charge on any atom is 0.334 e. The first kappa shape index (κ1) is 17.1. The number of nitrogens with zero attached hydrogens (tertiary/aromatic N) is 2. The van der Waals surface area contributed by atoms with Gasteiger partial charge in [-0.05, 0) is 19.1 Å². The van der Waals surface area contributed by atoms with Gasteiger partial charge in [-0.15, -0.1) is 5.10 Å². The molecule has 2 amide bonds. The first-order valence-corrected chi connectivity index (χ1v) is 8.14. The lowest BCUT2D eigenvalue weighted by atomic mass is 10.4. The summed E-state index contributed by atoms with van der Waals surface area (Å²) in [4.78, 5) is 16.5. The maximum atomic E-state index is 12.1. The average molecular weight is 360 g/mol. The molecular formula is C12H14ClN5O4S. The van der Waals surface area contributed by atoms with Gasteiger partial charge in [0.1, 0.15) is 10.7 Å². The number of hydrazone groups is 1.